The van der Waals surface area contributed by atoms with Crippen LogP contribution < -0.4 is 5.73 Å². The van der Waals surface area contributed by atoms with Gasteiger partial charge in [-0.3, -0.25) is 0 Å². The van der Waals surface area contributed by atoms with Crippen LogP contribution in [0, 0.1) is 0 Å². The van der Waals surface area contributed by atoms with Crippen molar-refractivity contribution in [3.05, 3.63) is 42.5 Å². The highest BCUT2D eigenvalue weighted by molar-refractivity contribution is 8.00. The minimum absolute atomic E-state index is 0.0437. The summed E-state index contributed by atoms with van der Waals surface area (Å²) < 4.78 is 5.04. The number of nitrogens with two attached hydrogens (primary N) is 1. The highest BCUT2D eigenvalue weighted by Gasteiger charge is 2.18. The fourth-order valence-corrected chi connectivity index (χ4v) is 2.99. The van der Waals surface area contributed by atoms with Gasteiger partial charge in [0.05, 0.1) is 13.2 Å². The molecule has 0 amide bonds. The van der Waals surface area contributed by atoms with Gasteiger partial charge in [0, 0.05) is 23.3 Å². The van der Waals surface area contributed by atoms with Gasteiger partial charge in [0.1, 0.15) is 0 Å². The van der Waals surface area contributed by atoms with Gasteiger partial charge < -0.3 is 15.6 Å². The first-order chi connectivity index (χ1) is 9.24. The monoisotopic (exact) mass is 277 g/mol. The van der Waals surface area contributed by atoms with Crippen molar-refractivity contribution in [1.82, 2.24) is 0 Å². The van der Waals surface area contributed by atoms with Crippen LogP contribution in [0.15, 0.2) is 47.4 Å². The number of rotatable bonds is 6. The van der Waals surface area contributed by atoms with Crippen molar-refractivity contribution in [2.45, 2.75) is 16.2 Å². The molecule has 2 rings (SSSR count). The Hall–Kier alpha value is -1.07. The molecule has 0 bridgehead atoms. The van der Waals surface area contributed by atoms with E-state index in [2.05, 4.69) is 30.3 Å². The number of fused-ring (bicyclic) bond motifs is 1. The molecule has 4 heteroatoms. The van der Waals surface area contributed by atoms with E-state index >= 15 is 0 Å². The van der Waals surface area contributed by atoms with Crippen LogP contribution in [-0.4, -0.2) is 36.7 Å². The molecular weight excluding hydrogens is 258 g/mol. The summed E-state index contributed by atoms with van der Waals surface area (Å²) in [5.74, 6) is 0. The van der Waals surface area contributed by atoms with Gasteiger partial charge in [0.2, 0.25) is 0 Å². The highest BCUT2D eigenvalue weighted by atomic mass is 32.2. The largest absolute Gasteiger partial charge is 0.395 e. The number of ether oxygens (including phenoxy) is 1. The number of hydrogen-bond acceptors (Lipinski definition) is 4. The molecular formula is C15H19NO2S. The summed E-state index contributed by atoms with van der Waals surface area (Å²) in [5.41, 5.74) is 5.99. The Balaban J connectivity index is 2.15. The Kier molecular flexibility index (Phi) is 5.22. The Morgan fingerprint density at radius 2 is 1.95 bits per heavy atom. The summed E-state index contributed by atoms with van der Waals surface area (Å²) in [7, 11) is 1.62. The van der Waals surface area contributed by atoms with Gasteiger partial charge in [-0.15, -0.1) is 11.8 Å². The minimum atomic E-state index is -0.175. The van der Waals surface area contributed by atoms with Crippen LogP contribution in [0.25, 0.3) is 10.8 Å². The molecule has 0 heterocycles. The van der Waals surface area contributed by atoms with E-state index in [1.165, 1.54) is 10.8 Å². The molecule has 2 aromatic rings. The number of hydrogen-bond donors (Lipinski definition) is 2. The van der Waals surface area contributed by atoms with Gasteiger partial charge in [-0.05, 0) is 22.9 Å². The number of thioether (sulfide) groups is 1. The van der Waals surface area contributed by atoms with Crippen LogP contribution in [0.1, 0.15) is 0 Å². The average molecular weight is 277 g/mol. The van der Waals surface area contributed by atoms with Crippen LogP contribution in [0.3, 0.4) is 0 Å². The van der Waals surface area contributed by atoms with Crippen molar-refractivity contribution < 1.29 is 9.84 Å². The smallest absolute Gasteiger partial charge is 0.0625 e. The van der Waals surface area contributed by atoms with E-state index in [1.807, 2.05) is 12.1 Å². The lowest BCUT2D eigenvalue weighted by Crippen LogP contribution is -2.38. The predicted octanol–water partition coefficient (Wildman–Crippen LogP) is 2.27. The van der Waals surface area contributed by atoms with E-state index in [1.54, 1.807) is 18.9 Å². The molecule has 0 aliphatic carbocycles. The van der Waals surface area contributed by atoms with E-state index < -0.39 is 0 Å². The van der Waals surface area contributed by atoms with Gasteiger partial charge in [-0.1, -0.05) is 30.3 Å². The standard InChI is InChI=1S/C15H19NO2S/c1-18-10-14(16)15(9-17)19-13-7-6-11-4-2-3-5-12(11)8-13/h2-8,14-15,17H,9-10,16H2,1H3. The van der Waals surface area contributed by atoms with Gasteiger partial charge >= 0.3 is 0 Å². The van der Waals surface area contributed by atoms with Crippen LogP contribution >= 0.6 is 11.8 Å². The zero-order chi connectivity index (χ0) is 13.7. The molecule has 0 saturated carbocycles. The Bertz CT molecular complexity index is 532. The van der Waals surface area contributed by atoms with Crippen LogP contribution in [-0.2, 0) is 4.74 Å². The molecule has 0 aliphatic heterocycles. The van der Waals surface area contributed by atoms with E-state index in [-0.39, 0.29) is 17.9 Å². The molecule has 2 atom stereocenters. The molecule has 102 valence electrons. The number of aliphatic hydroxyl groups is 1. The van der Waals surface area contributed by atoms with Gasteiger partial charge in [-0.2, -0.15) is 0 Å². The first kappa shape index (κ1) is 14.3. The molecule has 0 aliphatic rings. The fraction of sp³-hybridized carbons (Fsp3) is 0.333. The van der Waals surface area contributed by atoms with Crippen LogP contribution in [0.2, 0.25) is 0 Å². The third-order valence-corrected chi connectivity index (χ3v) is 4.35. The maximum absolute atomic E-state index is 9.44. The van der Waals surface area contributed by atoms with Crippen LogP contribution in [0.5, 0.6) is 0 Å². The van der Waals surface area contributed by atoms with E-state index in [0.717, 1.165) is 4.90 Å². The maximum atomic E-state index is 9.44. The summed E-state index contributed by atoms with van der Waals surface area (Å²) in [6.45, 7) is 0.494. The molecule has 2 unspecified atom stereocenters. The average Bonchev–Trinajstić information content (AvgIpc) is 2.44. The first-order valence-electron chi connectivity index (χ1n) is 6.25. The fourth-order valence-electron chi connectivity index (χ4n) is 1.98. The van der Waals surface area contributed by atoms with Gasteiger partial charge in [-0.25, -0.2) is 0 Å². The third-order valence-electron chi connectivity index (χ3n) is 3.02. The van der Waals surface area contributed by atoms with Crippen molar-refractivity contribution >= 4 is 22.5 Å². The SMILES string of the molecule is COCC(N)C(CO)Sc1ccc2ccccc2c1. The molecule has 0 saturated heterocycles. The summed E-state index contributed by atoms with van der Waals surface area (Å²) in [6.07, 6.45) is 0. The second-order valence-electron chi connectivity index (χ2n) is 4.47. The predicted molar refractivity (Wildman–Crippen MR) is 80.5 cm³/mol. The second kappa shape index (κ2) is 6.91. The summed E-state index contributed by atoms with van der Waals surface area (Å²) in [6, 6.07) is 14.3. The van der Waals surface area contributed by atoms with E-state index in [4.69, 9.17) is 10.5 Å². The maximum Gasteiger partial charge on any atom is 0.0625 e. The molecule has 3 nitrogen and oxygen atoms in total. The van der Waals surface area contributed by atoms with Crippen molar-refractivity contribution in [1.29, 1.82) is 0 Å². The lowest BCUT2D eigenvalue weighted by atomic mass is 10.1. The molecule has 2 aromatic carbocycles. The number of benzene rings is 2. The summed E-state index contributed by atoms with van der Waals surface area (Å²) >= 11 is 1.60. The topological polar surface area (TPSA) is 55.5 Å². The van der Waals surface area contributed by atoms with E-state index in [9.17, 15) is 5.11 Å². The van der Waals surface area contributed by atoms with Crippen molar-refractivity contribution in [3.8, 4) is 0 Å². The lowest BCUT2D eigenvalue weighted by Gasteiger charge is -2.20. The zero-order valence-corrected chi connectivity index (χ0v) is 11.8. The number of methoxy groups -OCH3 is 1. The minimum Gasteiger partial charge on any atom is -0.395 e. The molecule has 19 heavy (non-hydrogen) atoms. The Labute approximate surface area is 117 Å². The Morgan fingerprint density at radius 3 is 2.63 bits per heavy atom. The summed E-state index contributed by atoms with van der Waals surface area (Å²) in [5, 5.41) is 11.8. The Morgan fingerprint density at radius 1 is 1.21 bits per heavy atom. The van der Waals surface area contributed by atoms with E-state index in [0.29, 0.717) is 6.61 Å². The van der Waals surface area contributed by atoms with Crippen molar-refractivity contribution in [2.24, 2.45) is 5.73 Å². The zero-order valence-electron chi connectivity index (χ0n) is 11.0. The normalized spacial score (nSPS) is 14.5. The second-order valence-corrected chi connectivity index (χ2v) is 5.78. The quantitative estimate of drug-likeness (QED) is 0.795. The lowest BCUT2D eigenvalue weighted by molar-refractivity contribution is 0.167. The molecule has 0 radical (unpaired) electrons. The van der Waals surface area contributed by atoms with Crippen molar-refractivity contribution in [3.63, 3.8) is 0 Å². The molecule has 0 aromatic heterocycles. The third kappa shape index (κ3) is 3.70. The first-order valence-corrected chi connectivity index (χ1v) is 7.13. The molecule has 3 N–H and O–H groups in total. The molecule has 0 spiro atoms. The highest BCUT2D eigenvalue weighted by Crippen LogP contribution is 2.28. The summed E-state index contributed by atoms with van der Waals surface area (Å²) in [4.78, 5) is 1.12. The van der Waals surface area contributed by atoms with Crippen molar-refractivity contribution in [2.75, 3.05) is 20.3 Å². The van der Waals surface area contributed by atoms with Gasteiger partial charge in [0.25, 0.3) is 0 Å². The van der Waals surface area contributed by atoms with Crippen LogP contribution in [0.4, 0.5) is 0 Å². The number of aliphatic hydroxyl groups excluding tert-OH is 1. The van der Waals surface area contributed by atoms with Gasteiger partial charge in [0.15, 0.2) is 0 Å². The molecule has 0 fully saturated rings.